The molecule has 3 rings (SSSR count). The molecular weight excluding hydrogens is 302 g/mol. The molecule has 5 heteroatoms. The van der Waals surface area contributed by atoms with E-state index in [9.17, 15) is 9.90 Å². The van der Waals surface area contributed by atoms with E-state index in [1.807, 2.05) is 36.1 Å². The van der Waals surface area contributed by atoms with Crippen molar-refractivity contribution in [2.24, 2.45) is 0 Å². The van der Waals surface area contributed by atoms with Crippen LogP contribution in [0, 0.1) is 0 Å². The van der Waals surface area contributed by atoms with Crippen molar-refractivity contribution in [1.29, 1.82) is 0 Å². The predicted octanol–water partition coefficient (Wildman–Crippen LogP) is 3.26. The Morgan fingerprint density at radius 2 is 2.00 bits per heavy atom. The summed E-state index contributed by atoms with van der Waals surface area (Å²) in [5.74, 6) is 0.257. The number of aromatic nitrogens is 1. The molecule has 2 N–H and O–H groups in total. The third-order valence-electron chi connectivity index (χ3n) is 4.45. The Morgan fingerprint density at radius 3 is 2.71 bits per heavy atom. The van der Waals surface area contributed by atoms with Gasteiger partial charge in [-0.25, -0.2) is 4.79 Å². The van der Waals surface area contributed by atoms with Crippen molar-refractivity contribution < 1.29 is 9.90 Å². The van der Waals surface area contributed by atoms with Crippen LogP contribution in [0.5, 0.6) is 5.75 Å². The third kappa shape index (κ3) is 3.85. The molecule has 1 aliphatic heterocycles. The number of carbonyl (C=O) groups excluding carboxylic acids is 1. The number of nitrogens with zero attached hydrogens (tertiary/aromatic N) is 2. The number of aromatic hydroxyl groups is 1. The highest BCUT2D eigenvalue weighted by Gasteiger charge is 2.30. The second-order valence-corrected chi connectivity index (χ2v) is 6.35. The number of hydrogen-bond acceptors (Lipinski definition) is 3. The highest BCUT2D eigenvalue weighted by molar-refractivity contribution is 5.75. The van der Waals surface area contributed by atoms with Gasteiger partial charge < -0.3 is 15.3 Å². The summed E-state index contributed by atoms with van der Waals surface area (Å²) >= 11 is 0. The quantitative estimate of drug-likeness (QED) is 0.907. The van der Waals surface area contributed by atoms with Gasteiger partial charge in [-0.1, -0.05) is 12.1 Å². The number of amides is 2. The maximum Gasteiger partial charge on any atom is 0.318 e. The molecule has 2 atom stereocenters. The molecule has 0 saturated carbocycles. The van der Waals surface area contributed by atoms with Gasteiger partial charge in [-0.2, -0.15) is 0 Å². The summed E-state index contributed by atoms with van der Waals surface area (Å²) in [6, 6.07) is 11.2. The number of carbonyl (C=O) groups is 1. The highest BCUT2D eigenvalue weighted by atomic mass is 16.3. The summed E-state index contributed by atoms with van der Waals surface area (Å²) < 4.78 is 0. The largest absolute Gasteiger partial charge is 0.508 e. The van der Waals surface area contributed by atoms with Crippen LogP contribution in [0.4, 0.5) is 4.79 Å². The zero-order valence-electron chi connectivity index (χ0n) is 13.9. The first kappa shape index (κ1) is 16.3. The lowest BCUT2D eigenvalue weighted by Gasteiger charge is -2.27. The fourth-order valence-electron chi connectivity index (χ4n) is 3.27. The van der Waals surface area contributed by atoms with Crippen LogP contribution in [-0.4, -0.2) is 33.6 Å². The first-order valence-corrected chi connectivity index (χ1v) is 8.38. The molecule has 0 bridgehead atoms. The molecule has 1 fully saturated rings. The lowest BCUT2D eigenvalue weighted by molar-refractivity contribution is 0.189. The van der Waals surface area contributed by atoms with Gasteiger partial charge in [-0.05, 0) is 61.6 Å². The summed E-state index contributed by atoms with van der Waals surface area (Å²) in [6.45, 7) is 2.78. The molecule has 2 aromatic rings. The molecule has 0 unspecified atom stereocenters. The Labute approximate surface area is 142 Å². The minimum atomic E-state index is -0.0133. The smallest absolute Gasteiger partial charge is 0.318 e. The molecule has 0 aliphatic carbocycles. The number of nitrogens with one attached hydrogen (secondary N) is 1. The van der Waals surface area contributed by atoms with E-state index in [2.05, 4.69) is 10.3 Å². The summed E-state index contributed by atoms with van der Waals surface area (Å²) in [4.78, 5) is 18.6. The highest BCUT2D eigenvalue weighted by Crippen LogP contribution is 2.31. The van der Waals surface area contributed by atoms with Gasteiger partial charge in [0.25, 0.3) is 0 Å². The average Bonchev–Trinajstić information content (AvgIpc) is 3.07. The van der Waals surface area contributed by atoms with Crippen molar-refractivity contribution in [3.05, 3.63) is 59.9 Å². The lowest BCUT2D eigenvalue weighted by atomic mass is 10.1. The predicted molar refractivity (Wildman–Crippen MR) is 92.7 cm³/mol. The first-order chi connectivity index (χ1) is 11.6. The minimum absolute atomic E-state index is 0.0133. The Morgan fingerprint density at radius 1 is 1.29 bits per heavy atom. The van der Waals surface area contributed by atoms with Crippen LogP contribution in [0.3, 0.4) is 0 Å². The van der Waals surface area contributed by atoms with Gasteiger partial charge in [0.15, 0.2) is 0 Å². The maximum absolute atomic E-state index is 12.6. The van der Waals surface area contributed by atoms with Gasteiger partial charge in [0.2, 0.25) is 0 Å². The Hall–Kier alpha value is -2.56. The van der Waals surface area contributed by atoms with Crippen molar-refractivity contribution in [2.45, 2.75) is 38.3 Å². The number of phenolic OH excluding ortho intramolecular Hbond substituents is 1. The first-order valence-electron chi connectivity index (χ1n) is 8.38. The molecule has 2 heterocycles. The summed E-state index contributed by atoms with van der Waals surface area (Å²) in [7, 11) is 0. The molecule has 0 spiro atoms. The van der Waals surface area contributed by atoms with Crippen molar-refractivity contribution in [3.8, 4) is 5.75 Å². The van der Waals surface area contributed by atoms with E-state index in [4.69, 9.17) is 0 Å². The zero-order valence-corrected chi connectivity index (χ0v) is 13.9. The van der Waals surface area contributed by atoms with E-state index in [1.165, 1.54) is 0 Å². The number of hydrogen-bond donors (Lipinski definition) is 2. The number of benzene rings is 1. The number of likely N-dealkylation sites (tertiary alicyclic amines) is 1. The molecule has 2 amide bonds. The average molecular weight is 325 g/mol. The summed E-state index contributed by atoms with van der Waals surface area (Å²) in [6.07, 6.45) is 6.30. The number of urea groups is 1. The van der Waals surface area contributed by atoms with E-state index in [-0.39, 0.29) is 23.9 Å². The molecular formula is C19H23N3O2. The monoisotopic (exact) mass is 325 g/mol. The molecule has 1 aromatic heterocycles. The number of pyridine rings is 1. The maximum atomic E-state index is 12.6. The van der Waals surface area contributed by atoms with Crippen molar-refractivity contribution in [2.75, 3.05) is 6.54 Å². The third-order valence-corrected chi connectivity index (χ3v) is 4.45. The summed E-state index contributed by atoms with van der Waals surface area (Å²) in [5, 5.41) is 12.4. The Bertz CT molecular complexity index is 673. The second-order valence-electron chi connectivity index (χ2n) is 6.35. The van der Waals surface area contributed by atoms with Gasteiger partial charge >= 0.3 is 6.03 Å². The molecule has 1 saturated heterocycles. The molecule has 1 aromatic carbocycles. The minimum Gasteiger partial charge on any atom is -0.508 e. The fourth-order valence-corrected chi connectivity index (χ4v) is 3.27. The van der Waals surface area contributed by atoms with Crippen molar-refractivity contribution in [1.82, 2.24) is 15.2 Å². The normalized spacial score (nSPS) is 18.4. The Kier molecular flexibility index (Phi) is 4.99. The Balaban J connectivity index is 1.60. The van der Waals surface area contributed by atoms with E-state index in [0.29, 0.717) is 0 Å². The zero-order chi connectivity index (χ0) is 16.9. The van der Waals surface area contributed by atoms with Crippen LogP contribution in [0.2, 0.25) is 0 Å². The SMILES string of the molecule is C[C@H](Cc1ccc(O)cc1)NC(=O)N1CCC[C@H]1c1ccncc1. The molecule has 0 radical (unpaired) electrons. The molecule has 24 heavy (non-hydrogen) atoms. The molecule has 1 aliphatic rings. The fraction of sp³-hybridized carbons (Fsp3) is 0.368. The van der Waals surface area contributed by atoms with E-state index in [1.54, 1.807) is 24.5 Å². The van der Waals surface area contributed by atoms with E-state index >= 15 is 0 Å². The van der Waals surface area contributed by atoms with Crippen LogP contribution in [0.1, 0.15) is 36.9 Å². The topological polar surface area (TPSA) is 65.5 Å². The lowest BCUT2D eigenvalue weighted by Crippen LogP contribution is -2.44. The van der Waals surface area contributed by atoms with Crippen LogP contribution in [0.15, 0.2) is 48.8 Å². The van der Waals surface area contributed by atoms with Crippen molar-refractivity contribution in [3.63, 3.8) is 0 Å². The van der Waals surface area contributed by atoms with Gasteiger partial charge in [0, 0.05) is 25.0 Å². The standard InChI is InChI=1S/C19H23N3O2/c1-14(13-15-4-6-17(23)7-5-15)21-19(24)22-12-2-3-18(22)16-8-10-20-11-9-16/h4-11,14,18,23H,2-3,12-13H2,1H3,(H,21,24)/t14-,18+/m1/s1. The molecule has 126 valence electrons. The van der Waals surface area contributed by atoms with Crippen molar-refractivity contribution >= 4 is 6.03 Å². The van der Waals surface area contributed by atoms with Crippen LogP contribution in [-0.2, 0) is 6.42 Å². The van der Waals surface area contributed by atoms with Gasteiger partial charge in [0.05, 0.1) is 6.04 Å². The van der Waals surface area contributed by atoms with Crippen LogP contribution >= 0.6 is 0 Å². The van der Waals surface area contributed by atoms with E-state index < -0.39 is 0 Å². The number of rotatable bonds is 4. The van der Waals surface area contributed by atoms with Crippen LogP contribution in [0.25, 0.3) is 0 Å². The van der Waals surface area contributed by atoms with Gasteiger partial charge in [0.1, 0.15) is 5.75 Å². The molecule has 5 nitrogen and oxygen atoms in total. The van der Waals surface area contributed by atoms with Gasteiger partial charge in [-0.15, -0.1) is 0 Å². The van der Waals surface area contributed by atoms with Gasteiger partial charge in [-0.3, -0.25) is 4.98 Å². The summed E-state index contributed by atoms with van der Waals surface area (Å²) in [5.41, 5.74) is 2.23. The number of phenols is 1. The second kappa shape index (κ2) is 7.34. The van der Waals surface area contributed by atoms with Crippen LogP contribution < -0.4 is 5.32 Å². The van der Waals surface area contributed by atoms with E-state index in [0.717, 1.165) is 36.9 Å².